The Morgan fingerprint density at radius 3 is 2.24 bits per heavy atom. The van der Waals surface area contributed by atoms with Gasteiger partial charge >= 0.3 is 18.0 Å². The van der Waals surface area contributed by atoms with Crippen molar-refractivity contribution < 1.29 is 26.7 Å². The van der Waals surface area contributed by atoms with Crippen molar-refractivity contribution in [2.45, 2.75) is 12.1 Å². The summed E-state index contributed by atoms with van der Waals surface area (Å²) < 4.78 is 60.4. The SMILES string of the molecule is O=C(Nc1ccc(Cl)nc1)C(F)(F)C(F)(F)F. The number of nitrogens with zero attached hydrogens (tertiary/aromatic N) is 1. The monoisotopic (exact) mass is 274 g/mol. The largest absolute Gasteiger partial charge is 0.463 e. The van der Waals surface area contributed by atoms with Crippen LogP contribution in [0.2, 0.25) is 5.15 Å². The Balaban J connectivity index is 2.83. The van der Waals surface area contributed by atoms with E-state index in [1.165, 1.54) is 5.32 Å². The first-order valence-electron chi connectivity index (χ1n) is 4.02. The molecule has 1 N–H and O–H groups in total. The minimum absolute atomic E-state index is 0.00517. The van der Waals surface area contributed by atoms with Crippen molar-refractivity contribution in [1.82, 2.24) is 4.98 Å². The molecular weight excluding hydrogens is 271 g/mol. The van der Waals surface area contributed by atoms with Crippen LogP contribution in [0.15, 0.2) is 18.3 Å². The molecule has 1 aromatic heterocycles. The van der Waals surface area contributed by atoms with Crippen LogP contribution in [-0.4, -0.2) is 23.0 Å². The van der Waals surface area contributed by atoms with E-state index in [0.29, 0.717) is 0 Å². The smallest absolute Gasteiger partial charge is 0.319 e. The second-order valence-electron chi connectivity index (χ2n) is 2.90. The van der Waals surface area contributed by atoms with Gasteiger partial charge in [-0.1, -0.05) is 11.6 Å². The number of carbonyl (C=O) groups excluding carboxylic acids is 1. The molecule has 1 heterocycles. The molecule has 94 valence electrons. The van der Waals surface area contributed by atoms with Crippen LogP contribution in [0, 0.1) is 0 Å². The highest BCUT2D eigenvalue weighted by Crippen LogP contribution is 2.36. The van der Waals surface area contributed by atoms with Gasteiger partial charge in [-0.05, 0) is 12.1 Å². The number of rotatable bonds is 2. The second-order valence-corrected chi connectivity index (χ2v) is 3.28. The van der Waals surface area contributed by atoms with Crippen LogP contribution < -0.4 is 5.32 Å². The first kappa shape index (κ1) is 13.6. The summed E-state index contributed by atoms with van der Waals surface area (Å²) in [5.74, 6) is -7.94. The molecule has 3 nitrogen and oxygen atoms in total. The molecule has 0 aliphatic carbocycles. The summed E-state index contributed by atoms with van der Waals surface area (Å²) >= 11 is 5.36. The first-order valence-corrected chi connectivity index (χ1v) is 4.40. The molecule has 0 radical (unpaired) electrons. The molecule has 1 amide bonds. The molecule has 17 heavy (non-hydrogen) atoms. The summed E-state index contributed by atoms with van der Waals surface area (Å²) in [7, 11) is 0. The molecule has 0 aliphatic rings. The quantitative estimate of drug-likeness (QED) is 0.665. The minimum Gasteiger partial charge on any atom is -0.319 e. The Kier molecular flexibility index (Phi) is 3.56. The number of halogens is 6. The summed E-state index contributed by atoms with van der Waals surface area (Å²) in [4.78, 5) is 14.1. The standard InChI is InChI=1S/C8H4ClF5N2O/c9-5-2-1-4(3-15-5)16-6(17)7(10,11)8(12,13)14/h1-3H,(H,16,17). The van der Waals surface area contributed by atoms with Crippen molar-refractivity contribution in [2.24, 2.45) is 0 Å². The highest BCUT2D eigenvalue weighted by Gasteiger charge is 2.63. The van der Waals surface area contributed by atoms with Crippen LogP contribution in [0.1, 0.15) is 0 Å². The van der Waals surface area contributed by atoms with E-state index in [1.54, 1.807) is 0 Å². The topological polar surface area (TPSA) is 42.0 Å². The third-order valence-corrected chi connectivity index (χ3v) is 1.85. The molecule has 0 bridgehead atoms. The van der Waals surface area contributed by atoms with E-state index < -0.39 is 18.0 Å². The van der Waals surface area contributed by atoms with Gasteiger partial charge in [0.05, 0.1) is 11.9 Å². The highest BCUT2D eigenvalue weighted by molar-refractivity contribution is 6.29. The Morgan fingerprint density at radius 2 is 1.82 bits per heavy atom. The molecule has 0 aromatic carbocycles. The molecule has 1 rings (SSSR count). The van der Waals surface area contributed by atoms with Gasteiger partial charge in [-0.15, -0.1) is 0 Å². The maximum atomic E-state index is 12.5. The van der Waals surface area contributed by atoms with Gasteiger partial charge in [-0.3, -0.25) is 4.79 Å². The van der Waals surface area contributed by atoms with Crippen LogP contribution in [0.3, 0.4) is 0 Å². The Hall–Kier alpha value is -1.44. The fourth-order valence-corrected chi connectivity index (χ4v) is 0.900. The third-order valence-electron chi connectivity index (χ3n) is 1.63. The zero-order chi connectivity index (χ0) is 13.3. The number of pyridine rings is 1. The summed E-state index contributed by atoms with van der Waals surface area (Å²) in [5, 5.41) is 1.39. The van der Waals surface area contributed by atoms with E-state index in [4.69, 9.17) is 11.6 Å². The van der Waals surface area contributed by atoms with Gasteiger partial charge < -0.3 is 5.32 Å². The van der Waals surface area contributed by atoms with Gasteiger partial charge in [0.1, 0.15) is 5.15 Å². The zero-order valence-electron chi connectivity index (χ0n) is 7.86. The van der Waals surface area contributed by atoms with Gasteiger partial charge in [-0.25, -0.2) is 4.98 Å². The first-order chi connectivity index (χ1) is 7.64. The van der Waals surface area contributed by atoms with Gasteiger partial charge in [0.25, 0.3) is 0 Å². The Labute approximate surface area is 96.6 Å². The highest BCUT2D eigenvalue weighted by atomic mass is 35.5. The number of aromatic nitrogens is 1. The number of hydrogen-bond acceptors (Lipinski definition) is 2. The molecule has 0 saturated heterocycles. The number of amides is 1. The average molecular weight is 275 g/mol. The zero-order valence-corrected chi connectivity index (χ0v) is 8.61. The predicted molar refractivity (Wildman–Crippen MR) is 48.9 cm³/mol. The van der Waals surface area contributed by atoms with Crippen molar-refractivity contribution in [3.63, 3.8) is 0 Å². The number of alkyl halides is 5. The molecule has 0 unspecified atom stereocenters. The fraction of sp³-hybridized carbons (Fsp3) is 0.250. The van der Waals surface area contributed by atoms with E-state index in [9.17, 15) is 26.7 Å². The van der Waals surface area contributed by atoms with Crippen molar-refractivity contribution in [3.8, 4) is 0 Å². The molecule has 0 atom stereocenters. The molecule has 1 aromatic rings. The van der Waals surface area contributed by atoms with E-state index in [0.717, 1.165) is 18.3 Å². The van der Waals surface area contributed by atoms with Gasteiger partial charge in [-0.2, -0.15) is 22.0 Å². The summed E-state index contributed by atoms with van der Waals surface area (Å²) in [5.41, 5.74) is -0.316. The summed E-state index contributed by atoms with van der Waals surface area (Å²) in [6.45, 7) is 0. The lowest BCUT2D eigenvalue weighted by Crippen LogP contribution is -2.47. The number of carbonyl (C=O) groups is 1. The Morgan fingerprint density at radius 1 is 1.24 bits per heavy atom. The van der Waals surface area contributed by atoms with Crippen LogP contribution >= 0.6 is 11.6 Å². The van der Waals surface area contributed by atoms with Crippen LogP contribution in [0.5, 0.6) is 0 Å². The fourth-order valence-electron chi connectivity index (χ4n) is 0.788. The van der Waals surface area contributed by atoms with Gasteiger partial charge in [0.15, 0.2) is 0 Å². The average Bonchev–Trinajstić information content (AvgIpc) is 2.19. The van der Waals surface area contributed by atoms with Crippen molar-refractivity contribution >= 4 is 23.2 Å². The summed E-state index contributed by atoms with van der Waals surface area (Å²) in [6, 6.07) is 2.17. The molecule has 0 aliphatic heterocycles. The number of hydrogen-bond donors (Lipinski definition) is 1. The van der Waals surface area contributed by atoms with Crippen molar-refractivity contribution in [2.75, 3.05) is 5.32 Å². The Bertz CT molecular complexity index is 417. The van der Waals surface area contributed by atoms with E-state index in [1.807, 2.05) is 0 Å². The van der Waals surface area contributed by atoms with E-state index in [2.05, 4.69) is 4.98 Å². The van der Waals surface area contributed by atoms with E-state index >= 15 is 0 Å². The predicted octanol–water partition coefficient (Wildman–Crippen LogP) is 2.87. The van der Waals surface area contributed by atoms with Crippen molar-refractivity contribution in [1.29, 1.82) is 0 Å². The lowest BCUT2D eigenvalue weighted by molar-refractivity contribution is -0.267. The third kappa shape index (κ3) is 3.02. The molecule has 9 heteroatoms. The maximum Gasteiger partial charge on any atom is 0.463 e. The normalized spacial score (nSPS) is 12.4. The molecule has 0 fully saturated rings. The maximum absolute atomic E-state index is 12.5. The van der Waals surface area contributed by atoms with E-state index in [-0.39, 0.29) is 10.8 Å². The second kappa shape index (κ2) is 4.44. The molecule has 0 saturated carbocycles. The molecule has 0 spiro atoms. The van der Waals surface area contributed by atoms with Crippen LogP contribution in [0.4, 0.5) is 27.6 Å². The lowest BCUT2D eigenvalue weighted by Gasteiger charge is -2.18. The summed E-state index contributed by atoms with van der Waals surface area (Å²) in [6.07, 6.45) is -5.09. The minimum atomic E-state index is -5.95. The van der Waals surface area contributed by atoms with Crippen molar-refractivity contribution in [3.05, 3.63) is 23.5 Å². The lowest BCUT2D eigenvalue weighted by atomic mass is 10.3. The van der Waals surface area contributed by atoms with Gasteiger partial charge in [0.2, 0.25) is 0 Å². The number of nitrogens with one attached hydrogen (secondary N) is 1. The number of anilines is 1. The molecular formula is C8H4ClF5N2O. The van der Waals surface area contributed by atoms with Crippen LogP contribution in [-0.2, 0) is 4.79 Å². The van der Waals surface area contributed by atoms with Crippen LogP contribution in [0.25, 0.3) is 0 Å². The van der Waals surface area contributed by atoms with Gasteiger partial charge in [0, 0.05) is 0 Å².